The van der Waals surface area contributed by atoms with Gasteiger partial charge < -0.3 is 0 Å². The van der Waals surface area contributed by atoms with Gasteiger partial charge in [0, 0.05) is 11.8 Å². The molecule has 0 saturated carbocycles. The van der Waals surface area contributed by atoms with Crippen LogP contribution in [-0.4, -0.2) is 0 Å². The summed E-state index contributed by atoms with van der Waals surface area (Å²) in [4.78, 5) is 0. The number of benzene rings is 4. The number of fused-ring (bicyclic) bond motifs is 6. The highest BCUT2D eigenvalue weighted by atomic mass is 14.3. The van der Waals surface area contributed by atoms with E-state index in [1.165, 1.54) is 44.5 Å². The number of rotatable bonds is 4. The van der Waals surface area contributed by atoms with Crippen LogP contribution >= 0.6 is 0 Å². The maximum atomic E-state index is 2.41. The van der Waals surface area contributed by atoms with Crippen molar-refractivity contribution in [2.24, 2.45) is 0 Å². The summed E-state index contributed by atoms with van der Waals surface area (Å²) >= 11 is 0. The van der Waals surface area contributed by atoms with Gasteiger partial charge in [-0.1, -0.05) is 109 Å². The molecule has 0 aliphatic heterocycles. The van der Waals surface area contributed by atoms with E-state index in [4.69, 9.17) is 0 Å². The molecule has 4 aromatic rings. The summed E-state index contributed by atoms with van der Waals surface area (Å²) < 4.78 is 0. The Morgan fingerprint density at radius 3 is 0.967 bits per heavy atom. The third kappa shape index (κ3) is 2.68. The van der Waals surface area contributed by atoms with E-state index in [1.807, 2.05) is 0 Å². The molecule has 2 aliphatic carbocycles. The highest BCUT2D eigenvalue weighted by Gasteiger charge is 2.28. The van der Waals surface area contributed by atoms with Crippen molar-refractivity contribution in [3.8, 4) is 22.3 Å². The van der Waals surface area contributed by atoms with Crippen molar-refractivity contribution in [1.29, 1.82) is 0 Å². The van der Waals surface area contributed by atoms with Gasteiger partial charge in [-0.15, -0.1) is 0 Å². The minimum atomic E-state index is 0.469. The Hall–Kier alpha value is -3.38. The second-order valence-corrected chi connectivity index (χ2v) is 8.40. The lowest BCUT2D eigenvalue weighted by molar-refractivity contribution is 0.825. The van der Waals surface area contributed by atoms with Crippen molar-refractivity contribution in [2.45, 2.75) is 24.7 Å². The Kier molecular flexibility index (Phi) is 4.16. The zero-order valence-corrected chi connectivity index (χ0v) is 17.0. The molecule has 0 fully saturated rings. The average molecular weight is 385 g/mol. The molecule has 0 amide bonds. The summed E-state index contributed by atoms with van der Waals surface area (Å²) in [6, 6.07) is 35.6. The third-order valence-corrected chi connectivity index (χ3v) is 6.84. The fourth-order valence-corrected chi connectivity index (χ4v) is 5.49. The molecule has 2 aliphatic rings. The highest BCUT2D eigenvalue weighted by Crippen LogP contribution is 2.48. The molecule has 0 atom stereocenters. The number of hydrogen-bond donors (Lipinski definition) is 0. The van der Waals surface area contributed by atoms with Crippen LogP contribution in [0.2, 0.25) is 0 Å². The summed E-state index contributed by atoms with van der Waals surface area (Å²) in [6.45, 7) is 0. The van der Waals surface area contributed by atoms with E-state index in [2.05, 4.69) is 109 Å². The summed E-state index contributed by atoms with van der Waals surface area (Å²) in [5.41, 5.74) is 11.5. The first-order valence-electron chi connectivity index (χ1n) is 10.9. The van der Waals surface area contributed by atoms with E-state index in [0.29, 0.717) is 11.8 Å². The minimum Gasteiger partial charge on any atom is -0.0876 e. The average Bonchev–Trinajstić information content (AvgIpc) is 3.30. The second kappa shape index (κ2) is 7.15. The topological polar surface area (TPSA) is 0 Å². The van der Waals surface area contributed by atoms with Crippen LogP contribution in [0.4, 0.5) is 0 Å². The first-order chi connectivity index (χ1) is 14.9. The molecule has 0 radical (unpaired) electrons. The zero-order valence-electron chi connectivity index (χ0n) is 17.0. The van der Waals surface area contributed by atoms with Gasteiger partial charge in [0.1, 0.15) is 0 Å². The Labute approximate surface area is 178 Å². The fourth-order valence-electron chi connectivity index (χ4n) is 5.49. The zero-order chi connectivity index (χ0) is 19.9. The molecular formula is C30H24. The Bertz CT molecular complexity index is 1070. The molecule has 0 heterocycles. The molecule has 30 heavy (non-hydrogen) atoms. The van der Waals surface area contributed by atoms with Gasteiger partial charge >= 0.3 is 0 Å². The Morgan fingerprint density at radius 1 is 0.400 bits per heavy atom. The van der Waals surface area contributed by atoms with E-state index in [-0.39, 0.29) is 0 Å². The molecule has 0 bridgehead atoms. The minimum absolute atomic E-state index is 0.469. The second-order valence-electron chi connectivity index (χ2n) is 8.40. The van der Waals surface area contributed by atoms with E-state index in [1.54, 1.807) is 0 Å². The van der Waals surface area contributed by atoms with Crippen LogP contribution in [-0.2, 0) is 0 Å². The van der Waals surface area contributed by atoms with Gasteiger partial charge in [-0.2, -0.15) is 0 Å². The molecule has 4 aromatic carbocycles. The van der Waals surface area contributed by atoms with Crippen molar-refractivity contribution in [2.75, 3.05) is 0 Å². The van der Waals surface area contributed by atoms with Crippen molar-refractivity contribution >= 4 is 0 Å². The first kappa shape index (κ1) is 17.5. The predicted octanol–water partition coefficient (Wildman–Crippen LogP) is 7.95. The van der Waals surface area contributed by atoms with Crippen LogP contribution in [0, 0.1) is 0 Å². The largest absolute Gasteiger partial charge is 0.0876 e. The van der Waals surface area contributed by atoms with Crippen molar-refractivity contribution in [3.05, 3.63) is 131 Å². The van der Waals surface area contributed by atoms with Gasteiger partial charge in [-0.3, -0.25) is 0 Å². The summed E-state index contributed by atoms with van der Waals surface area (Å²) in [5, 5.41) is 0. The van der Waals surface area contributed by atoms with E-state index in [9.17, 15) is 0 Å². The molecule has 0 spiro atoms. The van der Waals surface area contributed by atoms with E-state index < -0.39 is 0 Å². The van der Waals surface area contributed by atoms with Crippen molar-refractivity contribution in [1.82, 2.24) is 0 Å². The molecule has 0 N–H and O–H groups in total. The first-order valence-corrected chi connectivity index (χ1v) is 10.9. The molecule has 6 rings (SSSR count). The monoisotopic (exact) mass is 384 g/mol. The fraction of sp³-hybridized carbons (Fsp3) is 0.133. The molecular weight excluding hydrogens is 360 g/mol. The molecule has 0 heteroatoms. The number of allylic oxidation sites excluding steroid dienone is 2. The predicted molar refractivity (Wildman–Crippen MR) is 126 cm³/mol. The van der Waals surface area contributed by atoms with E-state index >= 15 is 0 Å². The lowest BCUT2D eigenvalue weighted by atomic mass is 9.91. The van der Waals surface area contributed by atoms with Gasteiger partial charge in [0.15, 0.2) is 0 Å². The van der Waals surface area contributed by atoms with Gasteiger partial charge in [-0.05, 0) is 57.3 Å². The van der Waals surface area contributed by atoms with Crippen LogP contribution in [0.3, 0.4) is 0 Å². The molecule has 0 aromatic heterocycles. The molecule has 144 valence electrons. The lowest BCUT2D eigenvalue weighted by Crippen LogP contribution is -1.96. The molecule has 0 unspecified atom stereocenters. The maximum Gasteiger partial charge on any atom is 0.0136 e. The van der Waals surface area contributed by atoms with Crippen LogP contribution in [0.25, 0.3) is 22.3 Å². The lowest BCUT2D eigenvalue weighted by Gasteiger charge is -2.13. The standard InChI is InChI=1S/C30H24/c1-5-15-25-21(11-1)22-12-2-6-16-26(22)29(25)19-9-10-20-30-27-17-7-3-13-23(27)24-14-4-8-18-28(24)30/h1-18,29-30H,19-20H2/b10-9+. The normalized spacial score (nSPS) is 14.5. The van der Waals surface area contributed by atoms with Crippen LogP contribution in [0.15, 0.2) is 109 Å². The highest BCUT2D eigenvalue weighted by molar-refractivity contribution is 5.79. The quantitative estimate of drug-likeness (QED) is 0.313. The van der Waals surface area contributed by atoms with Crippen molar-refractivity contribution < 1.29 is 0 Å². The smallest absolute Gasteiger partial charge is 0.0136 e. The van der Waals surface area contributed by atoms with Gasteiger partial charge in [0.25, 0.3) is 0 Å². The van der Waals surface area contributed by atoms with E-state index in [0.717, 1.165) is 12.8 Å². The maximum absolute atomic E-state index is 2.41. The van der Waals surface area contributed by atoms with Crippen LogP contribution < -0.4 is 0 Å². The Balaban J connectivity index is 1.26. The summed E-state index contributed by atoms with van der Waals surface area (Å²) in [7, 11) is 0. The molecule has 0 nitrogen and oxygen atoms in total. The van der Waals surface area contributed by atoms with Gasteiger partial charge in [0.05, 0.1) is 0 Å². The van der Waals surface area contributed by atoms with Crippen LogP contribution in [0.5, 0.6) is 0 Å². The molecule has 0 saturated heterocycles. The third-order valence-electron chi connectivity index (χ3n) is 6.84. The summed E-state index contributed by atoms with van der Waals surface area (Å²) in [6.07, 6.45) is 6.94. The number of hydrogen-bond acceptors (Lipinski definition) is 0. The summed E-state index contributed by atoms with van der Waals surface area (Å²) in [5.74, 6) is 0.939. The van der Waals surface area contributed by atoms with Crippen LogP contribution in [0.1, 0.15) is 46.9 Å². The van der Waals surface area contributed by atoms with Crippen molar-refractivity contribution in [3.63, 3.8) is 0 Å². The van der Waals surface area contributed by atoms with Gasteiger partial charge in [-0.25, -0.2) is 0 Å². The van der Waals surface area contributed by atoms with Gasteiger partial charge in [0.2, 0.25) is 0 Å². The SMILES string of the molecule is C(=C\CC1c2ccccc2-c2ccccc21)/CC1c2ccccc2-c2ccccc21. The Morgan fingerprint density at radius 2 is 0.667 bits per heavy atom.